The number of benzene rings is 2. The minimum absolute atomic E-state index is 0.481. The van der Waals surface area contributed by atoms with Crippen LogP contribution in [0.25, 0.3) is 17.5 Å². The molecule has 0 saturated heterocycles. The fraction of sp³-hybridized carbons (Fsp3) is 0.360. The predicted octanol–water partition coefficient (Wildman–Crippen LogP) is 6.51. The number of hydrogen-bond acceptors (Lipinski definition) is 4. The zero-order valence-corrected chi connectivity index (χ0v) is 18.3. The molecule has 0 aliphatic heterocycles. The van der Waals surface area contributed by atoms with Gasteiger partial charge in [-0.3, -0.25) is 0 Å². The van der Waals surface area contributed by atoms with Crippen LogP contribution < -0.4 is 0 Å². The summed E-state index contributed by atoms with van der Waals surface area (Å²) < 4.78 is 5.40. The van der Waals surface area contributed by atoms with E-state index < -0.39 is 0 Å². The van der Waals surface area contributed by atoms with Crippen molar-refractivity contribution >= 4 is 17.7 Å². The van der Waals surface area contributed by atoms with Crippen molar-refractivity contribution in [2.75, 3.05) is 14.1 Å². The van der Waals surface area contributed by atoms with Gasteiger partial charge in [0.25, 0.3) is 5.89 Å². The normalized spacial score (nSPS) is 20.7. The van der Waals surface area contributed by atoms with Gasteiger partial charge < -0.3 is 9.42 Å². The van der Waals surface area contributed by atoms with Crippen LogP contribution in [0.3, 0.4) is 0 Å². The lowest BCUT2D eigenvalue weighted by Gasteiger charge is -2.37. The van der Waals surface area contributed by atoms with Gasteiger partial charge >= 0.3 is 0 Å². The van der Waals surface area contributed by atoms with Crippen LogP contribution in [0.4, 0.5) is 0 Å². The fourth-order valence-electron chi connectivity index (χ4n) is 4.53. The molecule has 0 N–H and O–H groups in total. The van der Waals surface area contributed by atoms with E-state index in [-0.39, 0.29) is 0 Å². The average Bonchev–Trinajstić information content (AvgIpc) is 3.23. The van der Waals surface area contributed by atoms with Crippen LogP contribution in [0.5, 0.6) is 0 Å². The molecule has 5 heteroatoms. The predicted molar refractivity (Wildman–Crippen MR) is 122 cm³/mol. The summed E-state index contributed by atoms with van der Waals surface area (Å²) in [5.74, 6) is 2.39. The van der Waals surface area contributed by atoms with Gasteiger partial charge in [-0.05, 0) is 87.5 Å². The van der Waals surface area contributed by atoms with E-state index in [1.54, 1.807) is 0 Å². The van der Waals surface area contributed by atoms with Crippen molar-refractivity contribution in [1.82, 2.24) is 15.0 Å². The lowest BCUT2D eigenvalue weighted by Crippen LogP contribution is -2.30. The molecule has 1 aliphatic rings. The van der Waals surface area contributed by atoms with Crippen LogP contribution >= 0.6 is 11.6 Å². The smallest absolute Gasteiger partial charge is 0.250 e. The Bertz CT molecular complexity index is 958. The zero-order valence-electron chi connectivity index (χ0n) is 17.5. The van der Waals surface area contributed by atoms with Crippen molar-refractivity contribution in [2.45, 2.75) is 31.7 Å². The summed E-state index contributed by atoms with van der Waals surface area (Å²) in [6.45, 7) is 0. The third-order valence-electron chi connectivity index (χ3n) is 6.02. The number of halogens is 1. The van der Waals surface area contributed by atoms with Crippen LogP contribution in [0.1, 0.15) is 43.2 Å². The molecule has 1 fully saturated rings. The van der Waals surface area contributed by atoms with Gasteiger partial charge in [0, 0.05) is 16.6 Å². The monoisotopic (exact) mass is 421 g/mol. The molecule has 0 amide bonds. The molecule has 0 bridgehead atoms. The number of aromatic nitrogens is 2. The van der Waals surface area contributed by atoms with Gasteiger partial charge in [0.2, 0.25) is 5.82 Å². The first-order valence-corrected chi connectivity index (χ1v) is 11.0. The molecule has 1 unspecified atom stereocenters. The maximum absolute atomic E-state index is 5.94. The van der Waals surface area contributed by atoms with Crippen LogP contribution in [-0.2, 0) is 0 Å². The second-order valence-corrected chi connectivity index (χ2v) is 8.75. The van der Waals surface area contributed by atoms with Crippen LogP contribution in [0, 0.1) is 11.8 Å². The van der Waals surface area contributed by atoms with E-state index in [1.165, 1.54) is 31.2 Å². The highest BCUT2D eigenvalue weighted by molar-refractivity contribution is 6.30. The maximum atomic E-state index is 5.94. The van der Waals surface area contributed by atoms with Crippen molar-refractivity contribution in [3.05, 3.63) is 77.2 Å². The number of rotatable bonds is 6. The Morgan fingerprint density at radius 3 is 2.37 bits per heavy atom. The Hall–Kier alpha value is -2.43. The maximum Gasteiger partial charge on any atom is 0.250 e. The zero-order chi connectivity index (χ0) is 20.9. The molecule has 2 aromatic carbocycles. The summed E-state index contributed by atoms with van der Waals surface area (Å²) in [6.07, 6.45) is 9.05. The van der Waals surface area contributed by atoms with Gasteiger partial charge in [0.1, 0.15) is 0 Å². The first kappa shape index (κ1) is 20.8. The molecule has 1 saturated carbocycles. The van der Waals surface area contributed by atoms with Crippen LogP contribution in [0.15, 0.2) is 65.2 Å². The first-order chi connectivity index (χ1) is 14.6. The van der Waals surface area contributed by atoms with Gasteiger partial charge in [-0.2, -0.15) is 4.98 Å². The van der Waals surface area contributed by atoms with Gasteiger partial charge in [-0.1, -0.05) is 53.2 Å². The molecule has 1 atom stereocenters. The molecule has 1 heterocycles. The highest BCUT2D eigenvalue weighted by Crippen LogP contribution is 2.39. The van der Waals surface area contributed by atoms with Gasteiger partial charge in [-0.15, -0.1) is 0 Å². The lowest BCUT2D eigenvalue weighted by atomic mass is 9.76. The van der Waals surface area contributed by atoms with Crippen molar-refractivity contribution in [3.63, 3.8) is 0 Å². The molecule has 3 aromatic rings. The molecular weight excluding hydrogens is 394 g/mol. The third kappa shape index (κ3) is 5.00. The molecule has 1 aromatic heterocycles. The van der Waals surface area contributed by atoms with Gasteiger partial charge in [-0.25, -0.2) is 0 Å². The largest absolute Gasteiger partial charge is 0.334 e. The van der Waals surface area contributed by atoms with E-state index in [0.717, 1.165) is 5.56 Å². The first-order valence-electron chi connectivity index (χ1n) is 10.6. The summed E-state index contributed by atoms with van der Waals surface area (Å²) >= 11 is 5.94. The fourth-order valence-corrected chi connectivity index (χ4v) is 4.66. The molecule has 30 heavy (non-hydrogen) atoms. The Balaban J connectivity index is 1.35. The summed E-state index contributed by atoms with van der Waals surface area (Å²) in [5, 5.41) is 4.78. The molecule has 0 spiro atoms. The Morgan fingerprint density at radius 1 is 1.00 bits per heavy atom. The van der Waals surface area contributed by atoms with Crippen molar-refractivity contribution < 1.29 is 4.52 Å². The highest BCUT2D eigenvalue weighted by atomic mass is 35.5. The number of allylic oxidation sites excluding steroid dienone is 1. The van der Waals surface area contributed by atoms with Crippen LogP contribution in [0.2, 0.25) is 5.02 Å². The van der Waals surface area contributed by atoms with Crippen molar-refractivity contribution in [1.29, 1.82) is 0 Å². The average molecular weight is 422 g/mol. The molecule has 1 aliphatic carbocycles. The minimum atomic E-state index is 0.481. The summed E-state index contributed by atoms with van der Waals surface area (Å²) in [7, 11) is 4.38. The second-order valence-electron chi connectivity index (χ2n) is 8.32. The standard InChI is InChI=1S/C25H28ClN3O/c1-29(2)24(19-6-4-3-5-7-19)20-11-8-18(9-12-20)10-17-23-27-25(28-30-23)21-13-15-22(26)16-14-21/h3-7,10,13-18,20,24H,8-9,11-12H2,1-2H3. The van der Waals surface area contributed by atoms with E-state index in [0.29, 0.717) is 34.6 Å². The summed E-state index contributed by atoms with van der Waals surface area (Å²) in [4.78, 5) is 6.85. The number of nitrogens with zero attached hydrogens (tertiary/aromatic N) is 3. The van der Waals surface area contributed by atoms with Crippen molar-refractivity contribution in [2.24, 2.45) is 11.8 Å². The van der Waals surface area contributed by atoms with E-state index >= 15 is 0 Å². The van der Waals surface area contributed by atoms with E-state index in [2.05, 4.69) is 65.5 Å². The molecular formula is C25H28ClN3O. The molecule has 156 valence electrons. The van der Waals surface area contributed by atoms with E-state index in [4.69, 9.17) is 16.1 Å². The molecule has 0 radical (unpaired) electrons. The topological polar surface area (TPSA) is 42.2 Å². The number of hydrogen-bond donors (Lipinski definition) is 0. The second kappa shape index (κ2) is 9.59. The third-order valence-corrected chi connectivity index (χ3v) is 6.27. The van der Waals surface area contributed by atoms with Crippen LogP contribution in [-0.4, -0.2) is 29.1 Å². The van der Waals surface area contributed by atoms with Crippen molar-refractivity contribution in [3.8, 4) is 11.4 Å². The van der Waals surface area contributed by atoms with Gasteiger partial charge in [0.15, 0.2) is 0 Å². The molecule has 4 rings (SSSR count). The van der Waals surface area contributed by atoms with Gasteiger partial charge in [0.05, 0.1) is 0 Å². The Morgan fingerprint density at radius 2 is 1.70 bits per heavy atom. The Labute approximate surface area is 183 Å². The SMILES string of the molecule is CN(C)C(c1ccccc1)C1CCC(C=Cc2nc(-c3ccc(Cl)cc3)no2)CC1. The van der Waals surface area contributed by atoms with E-state index in [9.17, 15) is 0 Å². The quantitative estimate of drug-likeness (QED) is 0.454. The summed E-state index contributed by atoms with van der Waals surface area (Å²) in [5.41, 5.74) is 2.32. The van der Waals surface area contributed by atoms with E-state index in [1.807, 2.05) is 30.3 Å². The minimum Gasteiger partial charge on any atom is -0.334 e. The molecule has 4 nitrogen and oxygen atoms in total. The highest BCUT2D eigenvalue weighted by Gasteiger charge is 2.29. The summed E-state index contributed by atoms with van der Waals surface area (Å²) in [6, 6.07) is 18.8. The Kier molecular flexibility index (Phi) is 6.66. The lowest BCUT2D eigenvalue weighted by molar-refractivity contribution is 0.159.